The smallest absolute Gasteiger partial charge is 0.276 e. The molecule has 0 heterocycles. The van der Waals surface area contributed by atoms with Crippen molar-refractivity contribution in [3.8, 4) is 0 Å². The Bertz CT molecular complexity index is 566. The summed E-state index contributed by atoms with van der Waals surface area (Å²) in [6.45, 7) is 0. The van der Waals surface area contributed by atoms with Gasteiger partial charge in [0.25, 0.3) is 11.4 Å². The van der Waals surface area contributed by atoms with Gasteiger partial charge in [0.1, 0.15) is 0 Å². The molecule has 0 aliphatic carbocycles. The molecule has 0 saturated heterocycles. The summed E-state index contributed by atoms with van der Waals surface area (Å²) in [7, 11) is 0. The summed E-state index contributed by atoms with van der Waals surface area (Å²) < 4.78 is 0. The van der Waals surface area contributed by atoms with E-state index in [1.807, 2.05) is 0 Å². The highest BCUT2D eigenvalue weighted by Crippen LogP contribution is 2.18. The van der Waals surface area contributed by atoms with E-state index in [0.29, 0.717) is 0 Å². The average molecular weight is 296 g/mol. The van der Waals surface area contributed by atoms with E-state index in [9.17, 15) is 20.2 Å². The number of non-ortho nitro benzene ring substituents is 2. The van der Waals surface area contributed by atoms with Gasteiger partial charge in [-0.15, -0.1) is 0 Å². The van der Waals surface area contributed by atoms with Crippen LogP contribution in [0, 0.1) is 20.2 Å². The van der Waals surface area contributed by atoms with Gasteiger partial charge in [-0.2, -0.15) is 0 Å². The third-order valence-electron chi connectivity index (χ3n) is 2.12. The highest BCUT2D eigenvalue weighted by Gasteiger charge is 2.11. The van der Waals surface area contributed by atoms with Crippen molar-refractivity contribution < 1.29 is 9.85 Å². The minimum absolute atomic E-state index is 0.274. The van der Waals surface area contributed by atoms with Crippen LogP contribution < -0.4 is 5.73 Å². The molecule has 2 aromatic carbocycles. The third kappa shape index (κ3) is 4.91. The van der Waals surface area contributed by atoms with E-state index in [1.54, 1.807) is 24.3 Å². The SMILES string of the molecule is Nc1ccc(Cl)cc1.O=[N+]([O-])c1cccc([N+](=O)[O-])c1. The second-order valence-electron chi connectivity index (χ2n) is 3.59. The number of hydrogen-bond acceptors (Lipinski definition) is 5. The van der Waals surface area contributed by atoms with Gasteiger partial charge in [0, 0.05) is 22.8 Å². The number of nitrogen functional groups attached to an aromatic ring is 1. The largest absolute Gasteiger partial charge is 0.399 e. The Labute approximate surface area is 118 Å². The molecule has 0 fully saturated rings. The molecule has 0 atom stereocenters. The summed E-state index contributed by atoms with van der Waals surface area (Å²) >= 11 is 5.56. The van der Waals surface area contributed by atoms with Gasteiger partial charge < -0.3 is 5.73 Å². The third-order valence-corrected chi connectivity index (χ3v) is 2.37. The molecule has 0 spiro atoms. The monoisotopic (exact) mass is 295 g/mol. The molecule has 2 aromatic rings. The first-order chi connectivity index (χ1) is 9.40. The Balaban J connectivity index is 0.000000217. The molecule has 2 rings (SSSR count). The molecule has 0 radical (unpaired) electrons. The number of nitrogens with two attached hydrogens (primary N) is 1. The Hall–Kier alpha value is -2.67. The molecular weight excluding hydrogens is 286 g/mol. The minimum atomic E-state index is -0.674. The molecular formula is C12H10ClN3O4. The fourth-order valence-electron chi connectivity index (χ4n) is 1.18. The summed E-state index contributed by atoms with van der Waals surface area (Å²) in [6, 6.07) is 11.6. The number of nitro groups is 2. The van der Waals surface area contributed by atoms with E-state index in [4.69, 9.17) is 17.3 Å². The fourth-order valence-corrected chi connectivity index (χ4v) is 1.31. The zero-order valence-corrected chi connectivity index (χ0v) is 10.9. The first-order valence-corrected chi connectivity index (χ1v) is 5.68. The standard InChI is InChI=1S/C6H6ClN.C6H4N2O4/c7-5-1-3-6(8)4-2-5;9-7(10)5-2-1-3-6(4-5)8(11)12/h1-4H,8H2;1-4H. The normalized spacial score (nSPS) is 9.25. The van der Waals surface area contributed by atoms with E-state index < -0.39 is 9.85 Å². The summed E-state index contributed by atoms with van der Waals surface area (Å²) in [5.74, 6) is 0. The Kier molecular flexibility index (Phi) is 5.42. The predicted octanol–water partition coefficient (Wildman–Crippen LogP) is 3.43. The van der Waals surface area contributed by atoms with Crippen LogP contribution in [0.4, 0.5) is 17.1 Å². The quantitative estimate of drug-likeness (QED) is 0.518. The van der Waals surface area contributed by atoms with Crippen molar-refractivity contribution in [2.75, 3.05) is 5.73 Å². The van der Waals surface area contributed by atoms with E-state index in [2.05, 4.69) is 0 Å². The van der Waals surface area contributed by atoms with Crippen molar-refractivity contribution in [1.82, 2.24) is 0 Å². The van der Waals surface area contributed by atoms with Crippen LogP contribution in [0.3, 0.4) is 0 Å². The summed E-state index contributed by atoms with van der Waals surface area (Å²) in [5.41, 5.74) is 5.57. The van der Waals surface area contributed by atoms with Crippen molar-refractivity contribution in [2.45, 2.75) is 0 Å². The molecule has 8 heteroatoms. The van der Waals surface area contributed by atoms with Crippen molar-refractivity contribution in [3.05, 3.63) is 73.8 Å². The number of anilines is 1. The van der Waals surface area contributed by atoms with Crippen LogP contribution in [-0.2, 0) is 0 Å². The molecule has 0 bridgehead atoms. The maximum Gasteiger partial charge on any atom is 0.276 e. The van der Waals surface area contributed by atoms with E-state index in [1.165, 1.54) is 18.2 Å². The van der Waals surface area contributed by atoms with Crippen molar-refractivity contribution >= 4 is 28.7 Å². The summed E-state index contributed by atoms with van der Waals surface area (Å²) in [6.07, 6.45) is 0. The van der Waals surface area contributed by atoms with Gasteiger partial charge in [-0.25, -0.2) is 0 Å². The lowest BCUT2D eigenvalue weighted by Gasteiger charge is -1.90. The molecule has 7 nitrogen and oxygen atoms in total. The van der Waals surface area contributed by atoms with Gasteiger partial charge in [-0.3, -0.25) is 20.2 Å². The van der Waals surface area contributed by atoms with Crippen LogP contribution in [0.25, 0.3) is 0 Å². The zero-order chi connectivity index (χ0) is 15.1. The van der Waals surface area contributed by atoms with E-state index >= 15 is 0 Å². The lowest BCUT2D eigenvalue weighted by Crippen LogP contribution is -1.91. The summed E-state index contributed by atoms with van der Waals surface area (Å²) in [4.78, 5) is 19.0. The fraction of sp³-hybridized carbons (Fsp3) is 0. The van der Waals surface area contributed by atoms with Gasteiger partial charge in [0.15, 0.2) is 0 Å². The van der Waals surface area contributed by atoms with Gasteiger partial charge in [0.05, 0.1) is 15.9 Å². The van der Waals surface area contributed by atoms with Crippen LogP contribution in [-0.4, -0.2) is 9.85 Å². The van der Waals surface area contributed by atoms with Crippen LogP contribution in [0.5, 0.6) is 0 Å². The number of nitro benzene ring substituents is 2. The molecule has 0 amide bonds. The number of rotatable bonds is 2. The van der Waals surface area contributed by atoms with Crippen LogP contribution in [0.15, 0.2) is 48.5 Å². The molecule has 0 aromatic heterocycles. The molecule has 0 unspecified atom stereocenters. The molecule has 2 N–H and O–H groups in total. The maximum absolute atomic E-state index is 10.2. The topological polar surface area (TPSA) is 112 Å². The highest BCUT2D eigenvalue weighted by molar-refractivity contribution is 6.30. The van der Waals surface area contributed by atoms with Gasteiger partial charge >= 0.3 is 0 Å². The second kappa shape index (κ2) is 7.05. The van der Waals surface area contributed by atoms with Gasteiger partial charge in [-0.05, 0) is 30.3 Å². The predicted molar refractivity (Wildman–Crippen MR) is 75.6 cm³/mol. The molecule has 104 valence electrons. The second-order valence-corrected chi connectivity index (χ2v) is 4.02. The lowest BCUT2D eigenvalue weighted by molar-refractivity contribution is -0.394. The number of nitrogens with zero attached hydrogens (tertiary/aromatic N) is 2. The van der Waals surface area contributed by atoms with E-state index in [-0.39, 0.29) is 11.4 Å². The van der Waals surface area contributed by atoms with Gasteiger partial charge in [-0.1, -0.05) is 11.6 Å². The molecule has 20 heavy (non-hydrogen) atoms. The average Bonchev–Trinajstić information content (AvgIpc) is 2.43. The highest BCUT2D eigenvalue weighted by atomic mass is 35.5. The molecule has 0 aliphatic heterocycles. The first-order valence-electron chi connectivity index (χ1n) is 5.30. The Morgan fingerprint density at radius 3 is 1.70 bits per heavy atom. The van der Waals surface area contributed by atoms with Crippen LogP contribution in [0.1, 0.15) is 0 Å². The maximum atomic E-state index is 10.2. The number of benzene rings is 2. The van der Waals surface area contributed by atoms with Crippen LogP contribution in [0.2, 0.25) is 5.02 Å². The lowest BCUT2D eigenvalue weighted by atomic mass is 10.3. The molecule has 0 saturated carbocycles. The van der Waals surface area contributed by atoms with E-state index in [0.717, 1.165) is 16.8 Å². The summed E-state index contributed by atoms with van der Waals surface area (Å²) in [5, 5.41) is 21.0. The number of hydrogen-bond donors (Lipinski definition) is 1. The Morgan fingerprint density at radius 2 is 1.35 bits per heavy atom. The minimum Gasteiger partial charge on any atom is -0.399 e. The van der Waals surface area contributed by atoms with Crippen LogP contribution >= 0.6 is 11.6 Å². The van der Waals surface area contributed by atoms with Crippen molar-refractivity contribution in [1.29, 1.82) is 0 Å². The zero-order valence-electron chi connectivity index (χ0n) is 10.1. The first kappa shape index (κ1) is 15.4. The van der Waals surface area contributed by atoms with Crippen molar-refractivity contribution in [2.24, 2.45) is 0 Å². The number of halogens is 1. The molecule has 0 aliphatic rings. The Morgan fingerprint density at radius 1 is 0.900 bits per heavy atom. The van der Waals surface area contributed by atoms with Crippen molar-refractivity contribution in [3.63, 3.8) is 0 Å². The van der Waals surface area contributed by atoms with Gasteiger partial charge in [0.2, 0.25) is 0 Å².